The molecule has 4 rings (SSSR count). The monoisotopic (exact) mass is 421 g/mol. The summed E-state index contributed by atoms with van der Waals surface area (Å²) in [5.74, 6) is 0.0783. The topological polar surface area (TPSA) is 77.2 Å². The highest BCUT2D eigenvalue weighted by atomic mass is 32.1. The average Bonchev–Trinajstić information content (AvgIpc) is 3.03. The summed E-state index contributed by atoms with van der Waals surface area (Å²) in [5.41, 5.74) is 6.84. The Kier molecular flexibility index (Phi) is 4.85. The number of halogens is 3. The molecule has 3 aromatic rings. The molecule has 0 saturated carbocycles. The normalized spacial score (nSPS) is 13.9. The molecule has 5 nitrogen and oxygen atoms in total. The van der Waals surface area contributed by atoms with E-state index in [4.69, 9.17) is 10.5 Å². The van der Waals surface area contributed by atoms with Crippen molar-refractivity contribution in [1.29, 1.82) is 0 Å². The lowest BCUT2D eigenvalue weighted by atomic mass is 9.88. The second-order valence-electron chi connectivity index (χ2n) is 6.83. The van der Waals surface area contributed by atoms with Gasteiger partial charge in [-0.1, -0.05) is 6.07 Å². The predicted molar refractivity (Wildman–Crippen MR) is 107 cm³/mol. The number of nitrogens with zero attached hydrogens (tertiary/aromatic N) is 1. The Labute approximate surface area is 168 Å². The van der Waals surface area contributed by atoms with E-state index in [0.29, 0.717) is 41.6 Å². The highest BCUT2D eigenvalue weighted by Gasteiger charge is 2.38. The van der Waals surface area contributed by atoms with Crippen LogP contribution in [-0.2, 0) is 19.0 Å². The van der Waals surface area contributed by atoms with Gasteiger partial charge in [0, 0.05) is 17.1 Å². The van der Waals surface area contributed by atoms with Crippen molar-refractivity contribution in [3.05, 3.63) is 46.0 Å². The number of carbonyl (C=O) groups excluding carboxylic acids is 1. The maximum absolute atomic E-state index is 13.5. The molecule has 1 aliphatic carbocycles. The lowest BCUT2D eigenvalue weighted by Crippen LogP contribution is -2.17. The van der Waals surface area contributed by atoms with Gasteiger partial charge in [0.25, 0.3) is 5.91 Å². The fourth-order valence-corrected chi connectivity index (χ4v) is 4.73. The Balaban J connectivity index is 1.80. The van der Waals surface area contributed by atoms with E-state index >= 15 is 0 Å². The highest BCUT2D eigenvalue weighted by Crippen LogP contribution is 2.43. The molecule has 0 atom stereocenters. The molecule has 0 fully saturated rings. The van der Waals surface area contributed by atoms with Gasteiger partial charge < -0.3 is 15.8 Å². The maximum Gasteiger partial charge on any atom is 0.433 e. The third kappa shape index (κ3) is 3.50. The number of fused-ring (bicyclic) bond motifs is 3. The van der Waals surface area contributed by atoms with E-state index in [9.17, 15) is 18.0 Å². The number of methoxy groups -OCH3 is 1. The van der Waals surface area contributed by atoms with E-state index in [1.165, 1.54) is 7.11 Å². The summed E-state index contributed by atoms with van der Waals surface area (Å²) >= 11 is 0.885. The van der Waals surface area contributed by atoms with Crippen LogP contribution < -0.4 is 15.8 Å². The number of nitrogens with two attached hydrogens (primary N) is 1. The Bertz CT molecular complexity index is 1110. The third-order valence-corrected chi connectivity index (χ3v) is 6.10. The molecule has 1 aliphatic rings. The molecule has 2 heterocycles. The Hall–Kier alpha value is -2.81. The molecule has 0 bridgehead atoms. The number of ether oxygens (including phenoxy) is 1. The number of hydrogen-bond acceptors (Lipinski definition) is 5. The number of nitrogens with one attached hydrogen (secondary N) is 1. The van der Waals surface area contributed by atoms with Crippen molar-refractivity contribution in [2.45, 2.75) is 31.9 Å². The minimum atomic E-state index is -4.54. The Morgan fingerprint density at radius 3 is 2.66 bits per heavy atom. The Morgan fingerprint density at radius 2 is 1.97 bits per heavy atom. The van der Waals surface area contributed by atoms with Crippen LogP contribution in [-0.4, -0.2) is 18.0 Å². The van der Waals surface area contributed by atoms with Gasteiger partial charge >= 0.3 is 6.18 Å². The molecular formula is C20H18F3N3O2S. The number of thiophene rings is 1. The van der Waals surface area contributed by atoms with Gasteiger partial charge in [-0.15, -0.1) is 11.3 Å². The molecule has 29 heavy (non-hydrogen) atoms. The van der Waals surface area contributed by atoms with E-state index < -0.39 is 17.8 Å². The van der Waals surface area contributed by atoms with Crippen LogP contribution in [0.15, 0.2) is 24.3 Å². The van der Waals surface area contributed by atoms with E-state index in [1.54, 1.807) is 24.3 Å². The lowest BCUT2D eigenvalue weighted by molar-refractivity contribution is -0.141. The van der Waals surface area contributed by atoms with Crippen LogP contribution in [0.5, 0.6) is 5.75 Å². The molecule has 152 valence electrons. The molecular weight excluding hydrogens is 403 g/mol. The van der Waals surface area contributed by atoms with Crippen molar-refractivity contribution in [2.75, 3.05) is 18.2 Å². The van der Waals surface area contributed by atoms with Gasteiger partial charge in [0.1, 0.15) is 21.2 Å². The van der Waals surface area contributed by atoms with Gasteiger partial charge in [0.05, 0.1) is 12.8 Å². The van der Waals surface area contributed by atoms with Gasteiger partial charge in [-0.2, -0.15) is 13.2 Å². The lowest BCUT2D eigenvalue weighted by Gasteiger charge is -2.21. The summed E-state index contributed by atoms with van der Waals surface area (Å²) in [7, 11) is 1.51. The van der Waals surface area contributed by atoms with Crippen molar-refractivity contribution in [2.24, 2.45) is 0 Å². The number of aryl methyl sites for hydroxylation is 1. The molecule has 0 spiro atoms. The third-order valence-electron chi connectivity index (χ3n) is 5.00. The van der Waals surface area contributed by atoms with Crippen LogP contribution in [0.4, 0.5) is 24.5 Å². The zero-order chi connectivity index (χ0) is 20.8. The SMILES string of the molecule is COc1cccc(NC(=O)c2sc3nc(C(F)(F)F)c4c(c3c2N)CCCC4)c1. The Morgan fingerprint density at radius 1 is 1.24 bits per heavy atom. The van der Waals surface area contributed by atoms with Crippen molar-refractivity contribution in [3.63, 3.8) is 0 Å². The summed E-state index contributed by atoms with van der Waals surface area (Å²) in [4.78, 5) is 17.0. The fraction of sp³-hybridized carbons (Fsp3) is 0.300. The molecule has 2 aromatic heterocycles. The van der Waals surface area contributed by atoms with Crippen LogP contribution in [0.1, 0.15) is 39.3 Å². The number of benzene rings is 1. The van der Waals surface area contributed by atoms with E-state index in [1.807, 2.05) is 0 Å². The molecule has 3 N–H and O–H groups in total. The second-order valence-corrected chi connectivity index (χ2v) is 7.83. The van der Waals surface area contributed by atoms with Crippen molar-refractivity contribution >= 4 is 38.8 Å². The van der Waals surface area contributed by atoms with Crippen LogP contribution in [0, 0.1) is 0 Å². The highest BCUT2D eigenvalue weighted by molar-refractivity contribution is 7.21. The van der Waals surface area contributed by atoms with Crippen molar-refractivity contribution in [3.8, 4) is 5.75 Å². The molecule has 0 aliphatic heterocycles. The first-order valence-corrected chi connectivity index (χ1v) is 9.87. The molecule has 0 unspecified atom stereocenters. The van der Waals surface area contributed by atoms with Gasteiger partial charge in [-0.3, -0.25) is 4.79 Å². The number of pyridine rings is 1. The molecule has 0 radical (unpaired) electrons. The zero-order valence-corrected chi connectivity index (χ0v) is 16.3. The summed E-state index contributed by atoms with van der Waals surface area (Å²) in [6, 6.07) is 6.78. The molecule has 9 heteroatoms. The van der Waals surface area contributed by atoms with E-state index in [2.05, 4.69) is 10.3 Å². The van der Waals surface area contributed by atoms with Crippen molar-refractivity contribution < 1.29 is 22.7 Å². The average molecular weight is 421 g/mol. The minimum absolute atomic E-state index is 0.145. The molecule has 1 aromatic carbocycles. The van der Waals surface area contributed by atoms with Crippen LogP contribution in [0.3, 0.4) is 0 Å². The first-order chi connectivity index (χ1) is 13.8. The first-order valence-electron chi connectivity index (χ1n) is 9.06. The standard InChI is InChI=1S/C20H18F3N3O2S/c1-28-11-6-4-5-10(9-11)25-18(27)16-15(24)14-12-7-2-3-8-13(12)17(20(21,22)23)26-19(14)29-16/h4-6,9H,2-3,7-8,24H2,1H3,(H,25,27). The number of amides is 1. The van der Waals surface area contributed by atoms with E-state index in [-0.39, 0.29) is 21.0 Å². The van der Waals surface area contributed by atoms with Gasteiger partial charge in [0.15, 0.2) is 0 Å². The van der Waals surface area contributed by atoms with Crippen molar-refractivity contribution in [1.82, 2.24) is 4.98 Å². The minimum Gasteiger partial charge on any atom is -0.497 e. The number of carbonyl (C=O) groups is 1. The van der Waals surface area contributed by atoms with Crippen LogP contribution in [0.2, 0.25) is 0 Å². The fourth-order valence-electron chi connectivity index (χ4n) is 3.71. The number of anilines is 2. The summed E-state index contributed by atoms with van der Waals surface area (Å²) in [6.07, 6.45) is -2.28. The zero-order valence-electron chi connectivity index (χ0n) is 15.5. The number of aromatic nitrogens is 1. The van der Waals surface area contributed by atoms with Crippen LogP contribution >= 0.6 is 11.3 Å². The number of nitrogen functional groups attached to an aromatic ring is 1. The summed E-state index contributed by atoms with van der Waals surface area (Å²) in [6.45, 7) is 0. The van der Waals surface area contributed by atoms with Gasteiger partial charge in [-0.25, -0.2) is 4.98 Å². The first kappa shape index (κ1) is 19.5. The number of alkyl halides is 3. The number of hydrogen-bond donors (Lipinski definition) is 2. The molecule has 0 saturated heterocycles. The van der Waals surface area contributed by atoms with Gasteiger partial charge in [-0.05, 0) is 48.9 Å². The number of rotatable bonds is 3. The second kappa shape index (κ2) is 7.22. The molecule has 1 amide bonds. The van der Waals surface area contributed by atoms with E-state index in [0.717, 1.165) is 17.8 Å². The summed E-state index contributed by atoms with van der Waals surface area (Å²) in [5, 5.41) is 3.20. The quantitative estimate of drug-likeness (QED) is 0.621. The smallest absolute Gasteiger partial charge is 0.433 e. The van der Waals surface area contributed by atoms with Gasteiger partial charge in [0.2, 0.25) is 0 Å². The summed E-state index contributed by atoms with van der Waals surface area (Å²) < 4.78 is 45.8. The van der Waals surface area contributed by atoms with Crippen LogP contribution in [0.25, 0.3) is 10.2 Å². The predicted octanol–water partition coefficient (Wildman–Crippen LogP) is 5.04. The maximum atomic E-state index is 13.5. The largest absolute Gasteiger partial charge is 0.497 e.